The van der Waals surface area contributed by atoms with Gasteiger partial charge >= 0.3 is 0 Å². The lowest BCUT2D eigenvalue weighted by Gasteiger charge is -2.27. The van der Waals surface area contributed by atoms with Gasteiger partial charge in [0, 0.05) is 31.2 Å². The van der Waals surface area contributed by atoms with Crippen molar-refractivity contribution < 1.29 is 5.11 Å². The Morgan fingerprint density at radius 3 is 2.87 bits per heavy atom. The topological polar surface area (TPSA) is 49.2 Å². The molecule has 2 rings (SSSR count). The number of nitrogens with zero attached hydrogens (tertiary/aromatic N) is 3. The van der Waals surface area contributed by atoms with Crippen molar-refractivity contribution in [2.45, 2.75) is 31.8 Å². The summed E-state index contributed by atoms with van der Waals surface area (Å²) in [5.74, 6) is 0. The highest BCUT2D eigenvalue weighted by atomic mass is 16.3. The van der Waals surface area contributed by atoms with E-state index in [1.807, 2.05) is 0 Å². The lowest BCUT2D eigenvalue weighted by atomic mass is 10.2. The maximum absolute atomic E-state index is 9.03. The fourth-order valence-electron chi connectivity index (χ4n) is 1.91. The molecule has 1 aromatic heterocycles. The summed E-state index contributed by atoms with van der Waals surface area (Å²) in [6, 6.07) is 0.882. The Balaban J connectivity index is 2.07. The summed E-state index contributed by atoms with van der Waals surface area (Å²) in [4.78, 5) is 10.7. The number of aliphatic hydroxyl groups excluding tert-OH is 1. The molecule has 0 aromatic carbocycles. The van der Waals surface area contributed by atoms with Crippen molar-refractivity contribution in [3.8, 4) is 0 Å². The summed E-state index contributed by atoms with van der Waals surface area (Å²) in [5, 5.41) is 9.03. The van der Waals surface area contributed by atoms with Gasteiger partial charge in [-0.05, 0) is 19.8 Å². The van der Waals surface area contributed by atoms with Crippen LogP contribution in [0.3, 0.4) is 0 Å². The Labute approximate surface area is 90.0 Å². The fraction of sp³-hybridized carbons (Fsp3) is 0.636. The Bertz CT molecular complexity index is 300. The van der Waals surface area contributed by atoms with E-state index in [0.717, 1.165) is 12.2 Å². The van der Waals surface area contributed by atoms with Crippen molar-refractivity contribution in [3.05, 3.63) is 24.3 Å². The molecule has 1 N–H and O–H groups in total. The number of aliphatic hydroxyl groups is 1. The van der Waals surface area contributed by atoms with Crippen molar-refractivity contribution in [2.75, 3.05) is 13.2 Å². The first-order valence-electron chi connectivity index (χ1n) is 5.45. The molecule has 1 aliphatic carbocycles. The zero-order chi connectivity index (χ0) is 10.7. The smallest absolute Gasteiger partial charge is 0.0755 e. The Morgan fingerprint density at radius 2 is 2.33 bits per heavy atom. The predicted molar refractivity (Wildman–Crippen MR) is 57.3 cm³/mol. The summed E-state index contributed by atoms with van der Waals surface area (Å²) in [7, 11) is 0. The zero-order valence-electron chi connectivity index (χ0n) is 9.00. The first-order valence-corrected chi connectivity index (χ1v) is 5.45. The third-order valence-corrected chi connectivity index (χ3v) is 2.88. The maximum atomic E-state index is 9.03. The van der Waals surface area contributed by atoms with E-state index in [9.17, 15) is 0 Å². The molecule has 1 atom stereocenters. The van der Waals surface area contributed by atoms with Gasteiger partial charge in [-0.2, -0.15) is 0 Å². The molecule has 0 amide bonds. The SMILES string of the molecule is C[C@H](c1cnccn1)N(CCO)C1CC1. The van der Waals surface area contributed by atoms with Crippen LogP contribution >= 0.6 is 0 Å². The summed E-state index contributed by atoms with van der Waals surface area (Å²) >= 11 is 0. The average molecular weight is 207 g/mol. The van der Waals surface area contributed by atoms with E-state index in [4.69, 9.17) is 5.11 Å². The number of rotatable bonds is 5. The third kappa shape index (κ3) is 2.52. The van der Waals surface area contributed by atoms with Gasteiger partial charge < -0.3 is 5.11 Å². The van der Waals surface area contributed by atoms with Crippen LogP contribution < -0.4 is 0 Å². The van der Waals surface area contributed by atoms with E-state index in [-0.39, 0.29) is 12.6 Å². The van der Waals surface area contributed by atoms with Gasteiger partial charge in [-0.1, -0.05) is 0 Å². The van der Waals surface area contributed by atoms with E-state index in [0.29, 0.717) is 6.04 Å². The molecule has 0 saturated heterocycles. The van der Waals surface area contributed by atoms with Crippen LogP contribution in [-0.4, -0.2) is 39.2 Å². The lowest BCUT2D eigenvalue weighted by Crippen LogP contribution is -2.32. The molecule has 1 saturated carbocycles. The summed E-state index contributed by atoms with van der Waals surface area (Å²) in [6.07, 6.45) is 7.69. The minimum atomic E-state index is 0.209. The molecule has 15 heavy (non-hydrogen) atoms. The summed E-state index contributed by atoms with van der Waals surface area (Å²) in [6.45, 7) is 3.06. The van der Waals surface area contributed by atoms with Gasteiger partial charge in [-0.15, -0.1) is 0 Å². The first-order chi connectivity index (χ1) is 7.33. The van der Waals surface area contributed by atoms with Crippen molar-refractivity contribution in [1.82, 2.24) is 14.9 Å². The molecule has 0 bridgehead atoms. The van der Waals surface area contributed by atoms with Gasteiger partial charge in [0.15, 0.2) is 0 Å². The first kappa shape index (κ1) is 10.5. The molecule has 0 spiro atoms. The van der Waals surface area contributed by atoms with Crippen molar-refractivity contribution in [3.63, 3.8) is 0 Å². The Morgan fingerprint density at radius 1 is 1.53 bits per heavy atom. The molecule has 82 valence electrons. The van der Waals surface area contributed by atoms with Crippen LogP contribution in [0.2, 0.25) is 0 Å². The van der Waals surface area contributed by atoms with E-state index >= 15 is 0 Å². The van der Waals surface area contributed by atoms with Gasteiger partial charge in [-0.3, -0.25) is 14.9 Å². The van der Waals surface area contributed by atoms with Crippen molar-refractivity contribution >= 4 is 0 Å². The van der Waals surface area contributed by atoms with E-state index in [1.165, 1.54) is 12.8 Å². The molecule has 0 aliphatic heterocycles. The van der Waals surface area contributed by atoms with Gasteiger partial charge in [0.2, 0.25) is 0 Å². The zero-order valence-corrected chi connectivity index (χ0v) is 9.00. The molecule has 0 radical (unpaired) electrons. The molecular weight excluding hydrogens is 190 g/mol. The standard InChI is InChI=1S/C11H17N3O/c1-9(11-8-12-4-5-13-11)14(6-7-15)10-2-3-10/h4-5,8-10,15H,2-3,6-7H2,1H3/t9-/m1/s1. The van der Waals surface area contributed by atoms with E-state index < -0.39 is 0 Å². The Hall–Kier alpha value is -1.00. The maximum Gasteiger partial charge on any atom is 0.0755 e. The molecule has 4 heteroatoms. The molecule has 1 fully saturated rings. The molecule has 0 unspecified atom stereocenters. The second-order valence-corrected chi connectivity index (χ2v) is 4.00. The average Bonchev–Trinajstić information content (AvgIpc) is 3.10. The van der Waals surface area contributed by atoms with Crippen molar-refractivity contribution in [2.24, 2.45) is 0 Å². The number of hydrogen-bond acceptors (Lipinski definition) is 4. The monoisotopic (exact) mass is 207 g/mol. The molecule has 1 heterocycles. The highest BCUT2D eigenvalue weighted by Gasteiger charge is 2.32. The van der Waals surface area contributed by atoms with Crippen LogP contribution in [0, 0.1) is 0 Å². The molecular formula is C11H17N3O. The normalized spacial score (nSPS) is 18.1. The molecule has 1 aromatic rings. The summed E-state index contributed by atoms with van der Waals surface area (Å²) < 4.78 is 0. The highest BCUT2D eigenvalue weighted by molar-refractivity contribution is 5.03. The molecule has 4 nitrogen and oxygen atoms in total. The van der Waals surface area contributed by atoms with Crippen LogP contribution in [0.25, 0.3) is 0 Å². The van der Waals surface area contributed by atoms with Crippen LogP contribution in [0.15, 0.2) is 18.6 Å². The molecule has 1 aliphatic rings. The highest BCUT2D eigenvalue weighted by Crippen LogP contribution is 2.32. The van der Waals surface area contributed by atoms with Crippen molar-refractivity contribution in [1.29, 1.82) is 0 Å². The van der Waals surface area contributed by atoms with Gasteiger partial charge in [-0.25, -0.2) is 0 Å². The third-order valence-electron chi connectivity index (χ3n) is 2.88. The van der Waals surface area contributed by atoms with Crippen LogP contribution in [0.5, 0.6) is 0 Å². The van der Waals surface area contributed by atoms with Gasteiger partial charge in [0.05, 0.1) is 18.3 Å². The largest absolute Gasteiger partial charge is 0.395 e. The predicted octanol–water partition coefficient (Wildman–Crippen LogP) is 0.994. The quantitative estimate of drug-likeness (QED) is 0.782. The van der Waals surface area contributed by atoms with E-state index in [1.54, 1.807) is 18.6 Å². The minimum absolute atomic E-state index is 0.209. The lowest BCUT2D eigenvalue weighted by molar-refractivity contribution is 0.148. The number of hydrogen-bond donors (Lipinski definition) is 1. The van der Waals surface area contributed by atoms with Crippen LogP contribution in [0.1, 0.15) is 31.5 Å². The number of aromatic nitrogens is 2. The minimum Gasteiger partial charge on any atom is -0.395 e. The Kier molecular flexibility index (Phi) is 3.28. The second kappa shape index (κ2) is 4.68. The van der Waals surface area contributed by atoms with Gasteiger partial charge in [0.1, 0.15) is 0 Å². The van der Waals surface area contributed by atoms with Gasteiger partial charge in [0.25, 0.3) is 0 Å². The fourth-order valence-corrected chi connectivity index (χ4v) is 1.91. The second-order valence-electron chi connectivity index (χ2n) is 4.00. The summed E-state index contributed by atoms with van der Waals surface area (Å²) in [5.41, 5.74) is 0.984. The van der Waals surface area contributed by atoms with E-state index in [2.05, 4.69) is 21.8 Å². The van der Waals surface area contributed by atoms with Crippen LogP contribution in [-0.2, 0) is 0 Å². The van der Waals surface area contributed by atoms with Crippen LogP contribution in [0.4, 0.5) is 0 Å².